The molecule has 0 saturated carbocycles. The highest BCUT2D eigenvalue weighted by Gasteiger charge is 2.36. The molecule has 0 amide bonds. The van der Waals surface area contributed by atoms with Crippen LogP contribution in [0.4, 0.5) is 0 Å². The molecule has 0 saturated heterocycles. The molecule has 10 nitrogen and oxygen atoms in total. The van der Waals surface area contributed by atoms with E-state index < -0.39 is 52.1 Å². The van der Waals surface area contributed by atoms with E-state index in [4.69, 9.17) is 19.7 Å². The summed E-state index contributed by atoms with van der Waals surface area (Å²) in [4.78, 5) is 70.6. The monoisotopic (exact) mass is 472 g/mol. The van der Waals surface area contributed by atoms with Gasteiger partial charge in [0.1, 0.15) is 0 Å². The molecule has 0 aromatic rings. The number of esters is 4. The molecule has 0 radical (unpaired) electrons. The highest BCUT2D eigenvalue weighted by Crippen LogP contribution is 2.36. The molecule has 0 bridgehead atoms. The van der Waals surface area contributed by atoms with Crippen molar-refractivity contribution < 1.29 is 48.5 Å². The average Bonchev–Trinajstić information content (AvgIpc) is 2.56. The molecule has 0 aliphatic rings. The van der Waals surface area contributed by atoms with Gasteiger partial charge in [0.15, 0.2) is 0 Å². The number of carbonyl (C=O) groups excluding carboxylic acids is 4. The zero-order chi connectivity index (χ0) is 26.0. The SMILES string of the molecule is CCC(CC)(CC(=O)OC(=O)CC(C)(C)CC(=O)O)CC(=O)OC(=O)CC(C)(C)CC(=O)O. The molecule has 0 aliphatic carbocycles. The van der Waals surface area contributed by atoms with E-state index in [1.54, 1.807) is 41.5 Å². The molecule has 0 unspecified atom stereocenters. The molecule has 0 aromatic heterocycles. The lowest BCUT2D eigenvalue weighted by Crippen LogP contribution is -2.31. The molecule has 0 aliphatic heterocycles. The summed E-state index contributed by atoms with van der Waals surface area (Å²) >= 11 is 0. The van der Waals surface area contributed by atoms with E-state index in [1.807, 2.05) is 0 Å². The van der Waals surface area contributed by atoms with Crippen LogP contribution in [0.3, 0.4) is 0 Å². The first kappa shape index (κ1) is 30.2. The van der Waals surface area contributed by atoms with Gasteiger partial charge in [-0.3, -0.25) is 28.8 Å². The number of aliphatic carboxylic acids is 2. The van der Waals surface area contributed by atoms with Gasteiger partial charge in [-0.2, -0.15) is 0 Å². The third-order valence-corrected chi connectivity index (χ3v) is 5.50. The maximum absolute atomic E-state index is 12.4. The van der Waals surface area contributed by atoms with Crippen LogP contribution >= 0.6 is 0 Å². The fourth-order valence-corrected chi connectivity index (χ4v) is 3.55. The first-order chi connectivity index (χ1) is 14.9. The molecule has 0 heterocycles. The van der Waals surface area contributed by atoms with E-state index >= 15 is 0 Å². The number of carboxylic acids is 2. The third-order valence-electron chi connectivity index (χ3n) is 5.50. The highest BCUT2D eigenvalue weighted by molar-refractivity contribution is 5.88. The second-order valence-corrected chi connectivity index (χ2v) is 10.1. The molecule has 0 fully saturated rings. The van der Waals surface area contributed by atoms with Gasteiger partial charge >= 0.3 is 35.8 Å². The smallest absolute Gasteiger partial charge is 0.314 e. The highest BCUT2D eigenvalue weighted by atomic mass is 16.6. The number of rotatable bonds is 14. The van der Waals surface area contributed by atoms with Crippen molar-refractivity contribution in [3.63, 3.8) is 0 Å². The molecule has 33 heavy (non-hydrogen) atoms. The van der Waals surface area contributed by atoms with E-state index in [9.17, 15) is 28.8 Å². The van der Waals surface area contributed by atoms with E-state index in [2.05, 4.69) is 0 Å². The summed E-state index contributed by atoms with van der Waals surface area (Å²) < 4.78 is 9.69. The summed E-state index contributed by atoms with van der Waals surface area (Å²) in [5, 5.41) is 17.8. The van der Waals surface area contributed by atoms with Crippen molar-refractivity contribution in [3.05, 3.63) is 0 Å². The van der Waals surface area contributed by atoms with Gasteiger partial charge in [-0.15, -0.1) is 0 Å². The molecular weight excluding hydrogens is 436 g/mol. The number of carbonyl (C=O) groups is 6. The van der Waals surface area contributed by atoms with Crippen LogP contribution < -0.4 is 0 Å². The zero-order valence-corrected chi connectivity index (χ0v) is 20.3. The first-order valence-corrected chi connectivity index (χ1v) is 10.9. The maximum Gasteiger partial charge on any atom is 0.314 e. The summed E-state index contributed by atoms with van der Waals surface area (Å²) in [6, 6.07) is 0. The summed E-state index contributed by atoms with van der Waals surface area (Å²) in [7, 11) is 0. The van der Waals surface area contributed by atoms with Gasteiger partial charge < -0.3 is 19.7 Å². The largest absolute Gasteiger partial charge is 0.481 e. The van der Waals surface area contributed by atoms with Crippen molar-refractivity contribution in [2.75, 3.05) is 0 Å². The van der Waals surface area contributed by atoms with Crippen molar-refractivity contribution >= 4 is 35.8 Å². The van der Waals surface area contributed by atoms with E-state index in [0.717, 1.165) is 0 Å². The standard InChI is InChI=1S/C23H36O10/c1-7-23(8-2,13-19(30)32-17(28)11-21(3,4)9-15(24)25)14-20(31)33-18(29)12-22(5,6)10-16(26)27/h7-14H2,1-6H3,(H,24,25)(H,26,27). The maximum atomic E-state index is 12.4. The second kappa shape index (κ2) is 12.5. The lowest BCUT2D eigenvalue weighted by Gasteiger charge is -2.29. The van der Waals surface area contributed by atoms with Gasteiger partial charge in [-0.05, 0) is 29.1 Å². The number of hydrogen-bond acceptors (Lipinski definition) is 8. The zero-order valence-electron chi connectivity index (χ0n) is 20.3. The summed E-state index contributed by atoms with van der Waals surface area (Å²) in [6.45, 7) is 9.78. The third kappa shape index (κ3) is 12.7. The minimum absolute atomic E-state index is 0.265. The quantitative estimate of drug-likeness (QED) is 0.283. The summed E-state index contributed by atoms with van der Waals surface area (Å²) in [5.41, 5.74) is -2.69. The first-order valence-electron chi connectivity index (χ1n) is 10.9. The molecule has 0 spiro atoms. The topological polar surface area (TPSA) is 161 Å². The van der Waals surface area contributed by atoms with Crippen LogP contribution in [0.25, 0.3) is 0 Å². The minimum Gasteiger partial charge on any atom is -0.481 e. The van der Waals surface area contributed by atoms with Crippen molar-refractivity contribution in [2.45, 2.75) is 92.9 Å². The Labute approximate surface area is 194 Å². The predicted molar refractivity (Wildman–Crippen MR) is 116 cm³/mol. The van der Waals surface area contributed by atoms with Crippen LogP contribution in [0.15, 0.2) is 0 Å². The Morgan fingerprint density at radius 1 is 0.545 bits per heavy atom. The number of hydrogen-bond donors (Lipinski definition) is 2. The van der Waals surface area contributed by atoms with E-state index in [1.165, 1.54) is 0 Å². The molecule has 188 valence electrons. The fraction of sp³-hybridized carbons (Fsp3) is 0.739. The van der Waals surface area contributed by atoms with Crippen molar-refractivity contribution in [1.82, 2.24) is 0 Å². The second-order valence-electron chi connectivity index (χ2n) is 10.1. The Morgan fingerprint density at radius 2 is 0.818 bits per heavy atom. The summed E-state index contributed by atoms with van der Waals surface area (Å²) in [5.74, 6) is -5.56. The molecular formula is C23H36O10. The van der Waals surface area contributed by atoms with E-state index in [0.29, 0.717) is 12.8 Å². The van der Waals surface area contributed by atoms with Crippen LogP contribution in [0.1, 0.15) is 92.9 Å². The molecule has 0 atom stereocenters. The van der Waals surface area contributed by atoms with Gasteiger partial charge in [0.05, 0.1) is 38.5 Å². The van der Waals surface area contributed by atoms with Gasteiger partial charge in [0, 0.05) is 0 Å². The van der Waals surface area contributed by atoms with Crippen LogP contribution in [0.2, 0.25) is 0 Å². The van der Waals surface area contributed by atoms with E-state index in [-0.39, 0.29) is 38.5 Å². The van der Waals surface area contributed by atoms with Crippen molar-refractivity contribution in [3.8, 4) is 0 Å². The van der Waals surface area contributed by atoms with Gasteiger partial charge in [-0.25, -0.2) is 0 Å². The lowest BCUT2D eigenvalue weighted by molar-refractivity contribution is -0.164. The normalized spacial score (nSPS) is 12.1. The lowest BCUT2D eigenvalue weighted by atomic mass is 9.76. The minimum atomic E-state index is -1.07. The van der Waals surface area contributed by atoms with Gasteiger partial charge in [-0.1, -0.05) is 41.5 Å². The Bertz CT molecular complexity index is 699. The summed E-state index contributed by atoms with van der Waals surface area (Å²) in [6.07, 6.45) is -0.869. The average molecular weight is 473 g/mol. The predicted octanol–water partition coefficient (Wildman–Crippen LogP) is 3.49. The number of carboxylic acid groups (broad SMARTS) is 2. The van der Waals surface area contributed by atoms with Gasteiger partial charge in [0.2, 0.25) is 0 Å². The van der Waals surface area contributed by atoms with Crippen molar-refractivity contribution in [1.29, 1.82) is 0 Å². The van der Waals surface area contributed by atoms with Crippen LogP contribution in [0, 0.1) is 16.2 Å². The Kier molecular flexibility index (Phi) is 11.4. The van der Waals surface area contributed by atoms with Crippen LogP contribution in [-0.4, -0.2) is 46.0 Å². The molecule has 2 N–H and O–H groups in total. The molecule has 0 rings (SSSR count). The Morgan fingerprint density at radius 3 is 1.06 bits per heavy atom. The van der Waals surface area contributed by atoms with Gasteiger partial charge in [0.25, 0.3) is 0 Å². The van der Waals surface area contributed by atoms with Crippen LogP contribution in [0.5, 0.6) is 0 Å². The van der Waals surface area contributed by atoms with Crippen molar-refractivity contribution in [2.24, 2.45) is 16.2 Å². The number of ether oxygens (including phenoxy) is 2. The fourth-order valence-electron chi connectivity index (χ4n) is 3.55. The Balaban J connectivity index is 5.00. The van der Waals surface area contributed by atoms with Crippen LogP contribution in [-0.2, 0) is 38.2 Å². The Hall–Kier alpha value is -2.78. The molecule has 10 heteroatoms. The molecule has 0 aromatic carbocycles.